The van der Waals surface area contributed by atoms with Crippen LogP contribution in [0.4, 0.5) is 5.69 Å². The standard InChI is InChI=1S/C69H118N12O11/c1-38(2)32-51-62(85)74-58(43(11)12)68(91)77(21)52(33-39(3)4)61(84)71-47(17)60(83)72-48(18)64(87)79(23)54(34-40(5)6)65(88)80(24)55(35-41(7)8)66(89)81(25)59(44(13)14)69(92)78(22)53(36-45(15)26-27-46(16)49-28-30-50(70)31-29-49)63(86)73-57(42(9)10)67(90)75(19)37-56(82)76(51)20/h27-31,38-45,47-48,51-55,57-59H,26,32-37,70H2,1-25H3,(H,71,84)(H,72,83)(H,73,86)(H,74,85). The number of amides is 11. The number of anilines is 1. The molecule has 1 fully saturated rings. The summed E-state index contributed by atoms with van der Waals surface area (Å²) in [4.78, 5) is 171. The smallest absolute Gasteiger partial charge is 0.246 e. The highest BCUT2D eigenvalue weighted by molar-refractivity contribution is 5.99. The van der Waals surface area contributed by atoms with Gasteiger partial charge in [-0.2, -0.15) is 0 Å². The van der Waals surface area contributed by atoms with Crippen LogP contribution in [0.5, 0.6) is 0 Å². The summed E-state index contributed by atoms with van der Waals surface area (Å²) >= 11 is 0. The Hall–Kier alpha value is -7.07. The van der Waals surface area contributed by atoms with Crippen molar-refractivity contribution in [2.45, 2.75) is 224 Å². The number of nitrogen functional groups attached to an aromatic ring is 1. The first kappa shape index (κ1) is 81.0. The van der Waals surface area contributed by atoms with Crippen molar-refractivity contribution < 1.29 is 52.7 Å². The predicted octanol–water partition coefficient (Wildman–Crippen LogP) is 5.65. The number of rotatable bonds is 16. The molecule has 1 aromatic carbocycles. The van der Waals surface area contributed by atoms with Crippen molar-refractivity contribution >= 4 is 76.2 Å². The molecule has 0 saturated carbocycles. The normalized spacial score (nSPS) is 25.5. The molecule has 0 bridgehead atoms. The zero-order valence-electron chi connectivity index (χ0n) is 60.4. The highest BCUT2D eigenvalue weighted by atomic mass is 16.2. The van der Waals surface area contributed by atoms with Gasteiger partial charge in [0.1, 0.15) is 60.4 Å². The minimum Gasteiger partial charge on any atom is -0.399 e. The predicted molar refractivity (Wildman–Crippen MR) is 361 cm³/mol. The summed E-state index contributed by atoms with van der Waals surface area (Å²) in [5.74, 6) is -9.20. The molecule has 23 heteroatoms. The van der Waals surface area contributed by atoms with Crippen molar-refractivity contribution in [3.05, 3.63) is 35.9 Å². The lowest BCUT2D eigenvalue weighted by Gasteiger charge is -2.41. The lowest BCUT2D eigenvalue weighted by atomic mass is 9.92. The largest absolute Gasteiger partial charge is 0.399 e. The molecule has 520 valence electrons. The molecule has 1 aromatic rings. The van der Waals surface area contributed by atoms with Crippen LogP contribution in [-0.4, -0.2) is 216 Å². The number of nitrogens with one attached hydrogen (secondary N) is 4. The molecule has 1 saturated heterocycles. The molecule has 0 radical (unpaired) electrons. The zero-order chi connectivity index (χ0) is 70.8. The quantitative estimate of drug-likeness (QED) is 0.126. The number of benzene rings is 1. The van der Waals surface area contributed by atoms with Gasteiger partial charge in [0.2, 0.25) is 65.0 Å². The van der Waals surface area contributed by atoms with E-state index in [4.69, 9.17) is 5.73 Å². The van der Waals surface area contributed by atoms with Crippen LogP contribution in [0.2, 0.25) is 0 Å². The molecule has 0 aliphatic carbocycles. The maximum Gasteiger partial charge on any atom is 0.246 e. The van der Waals surface area contributed by atoms with Gasteiger partial charge >= 0.3 is 0 Å². The van der Waals surface area contributed by atoms with Gasteiger partial charge in [0.15, 0.2) is 0 Å². The molecule has 23 nitrogen and oxygen atoms in total. The molecule has 0 spiro atoms. The summed E-state index contributed by atoms with van der Waals surface area (Å²) < 4.78 is 0. The minimum absolute atomic E-state index is 0.116. The first-order valence-corrected chi connectivity index (χ1v) is 33.1. The van der Waals surface area contributed by atoms with Crippen molar-refractivity contribution in [2.75, 3.05) is 61.6 Å². The number of nitrogens with two attached hydrogens (primary N) is 1. The average molecular weight is 1290 g/mol. The van der Waals surface area contributed by atoms with E-state index in [1.807, 2.05) is 99.6 Å². The van der Waals surface area contributed by atoms with Crippen LogP contribution in [0.1, 0.15) is 169 Å². The topological polar surface area (TPSA) is 285 Å². The Kier molecular flexibility index (Phi) is 32.1. The molecule has 6 N–H and O–H groups in total. The van der Waals surface area contributed by atoms with Gasteiger partial charge < -0.3 is 61.3 Å². The summed E-state index contributed by atoms with van der Waals surface area (Å²) in [6, 6.07) is -4.26. The Labute approximate surface area is 550 Å². The Bertz CT molecular complexity index is 2730. The molecule has 1 aliphatic heterocycles. The summed E-state index contributed by atoms with van der Waals surface area (Å²) in [5.41, 5.74) is 8.52. The van der Waals surface area contributed by atoms with Gasteiger partial charge in [-0.05, 0) is 130 Å². The van der Waals surface area contributed by atoms with E-state index in [0.29, 0.717) is 12.1 Å². The summed E-state index contributed by atoms with van der Waals surface area (Å²) in [5, 5.41) is 11.3. The van der Waals surface area contributed by atoms with Gasteiger partial charge in [0.25, 0.3) is 0 Å². The fourth-order valence-corrected chi connectivity index (χ4v) is 11.6. The van der Waals surface area contributed by atoms with E-state index in [1.54, 1.807) is 41.5 Å². The first-order valence-electron chi connectivity index (χ1n) is 33.1. The van der Waals surface area contributed by atoms with Gasteiger partial charge in [0, 0.05) is 55.0 Å². The highest BCUT2D eigenvalue weighted by Crippen LogP contribution is 2.27. The molecule has 11 unspecified atom stereocenters. The van der Waals surface area contributed by atoms with Gasteiger partial charge in [-0.25, -0.2) is 0 Å². The average Bonchev–Trinajstić information content (AvgIpc) is 0.914. The van der Waals surface area contributed by atoms with E-state index in [-0.39, 0.29) is 61.7 Å². The molecular formula is C69H118N12O11. The fourth-order valence-electron chi connectivity index (χ4n) is 11.6. The Morgan fingerprint density at radius 3 is 1.25 bits per heavy atom. The van der Waals surface area contributed by atoms with Crippen LogP contribution in [-0.2, 0) is 52.7 Å². The first-order chi connectivity index (χ1) is 42.5. The third kappa shape index (κ3) is 22.9. The van der Waals surface area contributed by atoms with E-state index < -0.39 is 150 Å². The van der Waals surface area contributed by atoms with Crippen molar-refractivity contribution in [1.29, 1.82) is 0 Å². The maximum absolute atomic E-state index is 15.4. The van der Waals surface area contributed by atoms with E-state index >= 15 is 19.2 Å². The number of nitrogens with zero attached hydrogens (tertiary/aromatic N) is 7. The molecule has 0 aromatic heterocycles. The number of allylic oxidation sites excluding steroid dienone is 2. The molecule has 11 amide bonds. The molecule has 11 atom stereocenters. The number of likely N-dealkylation sites (N-methyl/N-ethyl adjacent to an activating group) is 7. The van der Waals surface area contributed by atoms with Gasteiger partial charge in [-0.1, -0.05) is 122 Å². The van der Waals surface area contributed by atoms with Gasteiger partial charge in [-0.15, -0.1) is 0 Å². The van der Waals surface area contributed by atoms with E-state index in [1.165, 1.54) is 97.5 Å². The summed E-state index contributed by atoms with van der Waals surface area (Å²) in [6.45, 7) is 31.9. The van der Waals surface area contributed by atoms with E-state index in [9.17, 15) is 33.6 Å². The summed E-state index contributed by atoms with van der Waals surface area (Å²) in [7, 11) is 10.3. The van der Waals surface area contributed by atoms with Crippen LogP contribution < -0.4 is 27.0 Å². The van der Waals surface area contributed by atoms with E-state index in [2.05, 4.69) is 21.3 Å². The third-order valence-corrected chi connectivity index (χ3v) is 17.5. The Morgan fingerprint density at radius 1 is 0.435 bits per heavy atom. The number of carbonyl (C=O) groups is 11. The lowest BCUT2D eigenvalue weighted by molar-refractivity contribution is -0.156. The van der Waals surface area contributed by atoms with Crippen molar-refractivity contribution in [3.63, 3.8) is 0 Å². The lowest BCUT2D eigenvalue weighted by Crippen LogP contribution is -2.62. The molecule has 1 heterocycles. The summed E-state index contributed by atoms with van der Waals surface area (Å²) in [6.07, 6.45) is 3.32. The van der Waals surface area contributed by atoms with Crippen LogP contribution in [0.15, 0.2) is 30.3 Å². The van der Waals surface area contributed by atoms with Crippen molar-refractivity contribution in [2.24, 2.45) is 47.3 Å². The molecule has 92 heavy (non-hydrogen) atoms. The van der Waals surface area contributed by atoms with Crippen molar-refractivity contribution in [3.8, 4) is 0 Å². The van der Waals surface area contributed by atoms with Crippen molar-refractivity contribution in [1.82, 2.24) is 55.6 Å². The second kappa shape index (κ2) is 36.4. The molecule has 2 rings (SSSR count). The third-order valence-electron chi connectivity index (χ3n) is 17.5. The second-order valence-corrected chi connectivity index (χ2v) is 28.7. The van der Waals surface area contributed by atoms with Crippen LogP contribution in [0, 0.1) is 47.3 Å². The SMILES string of the molecule is CC(=CCC(C)CC1C(=O)NC(C(C)C)C(=O)N(C)CC(=O)N(C)C(CC(C)C)C(=O)NC(C(C)C)C(=O)N(C)C(CC(C)C)C(=O)NC(C)C(=O)NC(C)C(=O)N(C)C(CC(C)C)C(=O)N(C)C(CC(C)C)C(=O)N(C)C(C(C)C)C(=O)N1C)c1ccc(N)cc1. The number of hydrogen-bond donors (Lipinski definition) is 5. The van der Waals surface area contributed by atoms with E-state index in [0.717, 1.165) is 11.1 Å². The number of carbonyl (C=O) groups excluding carboxylic acids is 11. The monoisotopic (exact) mass is 1290 g/mol. The van der Waals surface area contributed by atoms with Gasteiger partial charge in [-0.3, -0.25) is 52.7 Å². The zero-order valence-corrected chi connectivity index (χ0v) is 60.4. The van der Waals surface area contributed by atoms with Crippen LogP contribution in [0.25, 0.3) is 5.57 Å². The highest BCUT2D eigenvalue weighted by Gasteiger charge is 2.44. The van der Waals surface area contributed by atoms with Crippen LogP contribution in [0.3, 0.4) is 0 Å². The maximum atomic E-state index is 15.4. The van der Waals surface area contributed by atoms with Crippen LogP contribution >= 0.6 is 0 Å². The number of hydrogen-bond acceptors (Lipinski definition) is 12. The molecular weight excluding hydrogens is 1170 g/mol. The Balaban J connectivity index is 3.01. The fraction of sp³-hybridized carbons (Fsp3) is 0.725. The molecule has 1 aliphatic rings. The second-order valence-electron chi connectivity index (χ2n) is 28.7. The minimum atomic E-state index is -1.22. The van der Waals surface area contributed by atoms with Gasteiger partial charge in [0.05, 0.1) is 6.54 Å². The Morgan fingerprint density at radius 2 is 0.804 bits per heavy atom.